The number of nitrogens with one attached hydrogen (secondary N) is 1. The molecule has 1 aromatic rings. The maximum absolute atomic E-state index is 12.0. The van der Waals surface area contributed by atoms with Gasteiger partial charge in [0.15, 0.2) is 0 Å². The highest BCUT2D eigenvalue weighted by molar-refractivity contribution is 7.10. The van der Waals surface area contributed by atoms with E-state index in [9.17, 15) is 9.59 Å². The number of amides is 2. The van der Waals surface area contributed by atoms with E-state index in [4.69, 9.17) is 5.11 Å². The SMILES string of the molecule is CC[C@@H](NC(=O)N1CCc2sccc2C1)C(=O)O. The van der Waals surface area contributed by atoms with Crippen molar-refractivity contribution in [2.75, 3.05) is 6.54 Å². The molecule has 0 bridgehead atoms. The van der Waals surface area contributed by atoms with Gasteiger partial charge in [-0.2, -0.15) is 0 Å². The number of hydrogen-bond acceptors (Lipinski definition) is 3. The first-order chi connectivity index (χ1) is 8.61. The number of thiophene rings is 1. The van der Waals surface area contributed by atoms with Gasteiger partial charge in [0.25, 0.3) is 0 Å². The molecule has 0 aliphatic carbocycles. The monoisotopic (exact) mass is 268 g/mol. The maximum atomic E-state index is 12.0. The second-order valence-corrected chi connectivity index (χ2v) is 5.29. The summed E-state index contributed by atoms with van der Waals surface area (Å²) in [7, 11) is 0. The molecule has 0 saturated carbocycles. The highest BCUT2D eigenvalue weighted by Crippen LogP contribution is 2.23. The summed E-state index contributed by atoms with van der Waals surface area (Å²) in [6.45, 7) is 2.96. The molecule has 0 saturated heterocycles. The minimum atomic E-state index is -0.987. The summed E-state index contributed by atoms with van der Waals surface area (Å²) in [5, 5.41) is 13.5. The first kappa shape index (κ1) is 12.9. The Hall–Kier alpha value is -1.56. The quantitative estimate of drug-likeness (QED) is 0.876. The van der Waals surface area contributed by atoms with E-state index in [0.717, 1.165) is 6.42 Å². The number of fused-ring (bicyclic) bond motifs is 1. The van der Waals surface area contributed by atoms with Crippen molar-refractivity contribution < 1.29 is 14.7 Å². The number of aliphatic carboxylic acids is 1. The van der Waals surface area contributed by atoms with E-state index in [0.29, 0.717) is 19.5 Å². The molecule has 2 rings (SSSR count). The summed E-state index contributed by atoms with van der Waals surface area (Å²) in [5.41, 5.74) is 1.17. The van der Waals surface area contributed by atoms with Crippen molar-refractivity contribution in [1.29, 1.82) is 0 Å². The molecule has 6 heteroatoms. The third-order valence-electron chi connectivity index (χ3n) is 3.10. The molecule has 18 heavy (non-hydrogen) atoms. The molecule has 0 spiro atoms. The van der Waals surface area contributed by atoms with Gasteiger partial charge >= 0.3 is 12.0 Å². The second kappa shape index (κ2) is 5.39. The highest BCUT2D eigenvalue weighted by Gasteiger charge is 2.25. The Bertz CT molecular complexity index is 458. The number of carboxylic acids is 1. The van der Waals surface area contributed by atoms with Crippen LogP contribution in [0.15, 0.2) is 11.4 Å². The lowest BCUT2D eigenvalue weighted by atomic mass is 10.1. The Kier molecular flexibility index (Phi) is 3.86. The van der Waals surface area contributed by atoms with Crippen LogP contribution in [0.5, 0.6) is 0 Å². The van der Waals surface area contributed by atoms with E-state index in [1.165, 1.54) is 10.4 Å². The van der Waals surface area contributed by atoms with E-state index in [2.05, 4.69) is 5.32 Å². The summed E-state index contributed by atoms with van der Waals surface area (Å²) in [6, 6.07) is 0.927. The molecule has 5 nitrogen and oxygen atoms in total. The van der Waals surface area contributed by atoms with Gasteiger partial charge in [0.2, 0.25) is 0 Å². The molecule has 2 N–H and O–H groups in total. The van der Waals surface area contributed by atoms with E-state index >= 15 is 0 Å². The van der Waals surface area contributed by atoms with Crippen LogP contribution in [0.3, 0.4) is 0 Å². The fraction of sp³-hybridized carbons (Fsp3) is 0.500. The zero-order valence-corrected chi connectivity index (χ0v) is 11.0. The molecule has 1 aromatic heterocycles. The van der Waals surface area contributed by atoms with Crippen LogP contribution >= 0.6 is 11.3 Å². The predicted octanol–water partition coefficient (Wildman–Crippen LogP) is 1.68. The number of urea groups is 1. The molecule has 0 aromatic carbocycles. The van der Waals surface area contributed by atoms with Crippen LogP contribution in [0, 0.1) is 0 Å². The molecule has 0 fully saturated rings. The van der Waals surface area contributed by atoms with Crippen LogP contribution in [0.2, 0.25) is 0 Å². The average molecular weight is 268 g/mol. The number of hydrogen-bond donors (Lipinski definition) is 2. The van der Waals surface area contributed by atoms with Crippen LogP contribution in [0.4, 0.5) is 4.79 Å². The van der Waals surface area contributed by atoms with Crippen LogP contribution in [-0.2, 0) is 17.8 Å². The predicted molar refractivity (Wildman–Crippen MR) is 68.7 cm³/mol. The van der Waals surface area contributed by atoms with Gasteiger partial charge in [0.1, 0.15) is 6.04 Å². The van der Waals surface area contributed by atoms with Crippen LogP contribution < -0.4 is 5.32 Å². The Morgan fingerprint density at radius 2 is 2.39 bits per heavy atom. The number of nitrogens with zero attached hydrogens (tertiary/aromatic N) is 1. The summed E-state index contributed by atoms with van der Waals surface area (Å²) >= 11 is 1.71. The van der Waals surface area contributed by atoms with Crippen molar-refractivity contribution in [2.24, 2.45) is 0 Å². The molecular weight excluding hydrogens is 252 g/mol. The van der Waals surface area contributed by atoms with Crippen LogP contribution in [-0.4, -0.2) is 34.6 Å². The van der Waals surface area contributed by atoms with Crippen molar-refractivity contribution in [1.82, 2.24) is 10.2 Å². The Balaban J connectivity index is 1.97. The average Bonchev–Trinajstić information content (AvgIpc) is 2.82. The topological polar surface area (TPSA) is 69.6 Å². The molecule has 1 aliphatic heterocycles. The fourth-order valence-electron chi connectivity index (χ4n) is 2.00. The van der Waals surface area contributed by atoms with Gasteiger partial charge < -0.3 is 15.3 Å². The van der Waals surface area contributed by atoms with Gasteiger partial charge in [-0.1, -0.05) is 6.92 Å². The highest BCUT2D eigenvalue weighted by atomic mass is 32.1. The first-order valence-electron chi connectivity index (χ1n) is 5.95. The summed E-state index contributed by atoms with van der Waals surface area (Å²) in [4.78, 5) is 25.8. The Labute approximate surface area is 109 Å². The summed E-state index contributed by atoms with van der Waals surface area (Å²) < 4.78 is 0. The van der Waals surface area contributed by atoms with Crippen LogP contribution in [0.1, 0.15) is 23.8 Å². The van der Waals surface area contributed by atoms with Gasteiger partial charge in [-0.15, -0.1) is 11.3 Å². The fourth-order valence-corrected chi connectivity index (χ4v) is 2.89. The first-order valence-corrected chi connectivity index (χ1v) is 6.83. The van der Waals surface area contributed by atoms with E-state index in [1.807, 2.05) is 11.4 Å². The molecule has 0 unspecified atom stereocenters. The normalized spacial score (nSPS) is 15.9. The van der Waals surface area contributed by atoms with Gasteiger partial charge in [0.05, 0.1) is 0 Å². The lowest BCUT2D eigenvalue weighted by molar-refractivity contribution is -0.139. The number of carboxylic acid groups (broad SMARTS) is 1. The van der Waals surface area contributed by atoms with E-state index in [-0.39, 0.29) is 6.03 Å². The lowest BCUT2D eigenvalue weighted by Gasteiger charge is -2.28. The van der Waals surface area contributed by atoms with E-state index < -0.39 is 12.0 Å². The molecule has 2 heterocycles. The standard InChI is InChI=1S/C12H16N2O3S/c1-2-9(11(15)16)13-12(17)14-5-3-10-8(7-14)4-6-18-10/h4,6,9H,2-3,5,7H2,1H3,(H,13,17)(H,15,16)/t9-/m1/s1. The smallest absolute Gasteiger partial charge is 0.326 e. The largest absolute Gasteiger partial charge is 0.480 e. The van der Waals surface area contributed by atoms with Gasteiger partial charge in [-0.3, -0.25) is 0 Å². The molecular formula is C12H16N2O3S. The summed E-state index contributed by atoms with van der Waals surface area (Å²) in [5.74, 6) is -0.987. The molecule has 98 valence electrons. The Morgan fingerprint density at radius 3 is 3.06 bits per heavy atom. The maximum Gasteiger partial charge on any atom is 0.326 e. The second-order valence-electron chi connectivity index (χ2n) is 4.29. The van der Waals surface area contributed by atoms with Crippen molar-refractivity contribution in [2.45, 2.75) is 32.4 Å². The minimum absolute atomic E-state index is 0.291. The van der Waals surface area contributed by atoms with Crippen molar-refractivity contribution in [3.8, 4) is 0 Å². The lowest BCUT2D eigenvalue weighted by Crippen LogP contribution is -2.48. The van der Waals surface area contributed by atoms with Crippen molar-refractivity contribution in [3.63, 3.8) is 0 Å². The minimum Gasteiger partial charge on any atom is -0.480 e. The van der Waals surface area contributed by atoms with Crippen molar-refractivity contribution in [3.05, 3.63) is 21.9 Å². The zero-order chi connectivity index (χ0) is 13.1. The molecule has 0 radical (unpaired) electrons. The Morgan fingerprint density at radius 1 is 1.61 bits per heavy atom. The zero-order valence-electron chi connectivity index (χ0n) is 10.2. The molecule has 1 atom stereocenters. The van der Waals surface area contributed by atoms with Crippen LogP contribution in [0.25, 0.3) is 0 Å². The third-order valence-corrected chi connectivity index (χ3v) is 4.12. The number of carbonyl (C=O) groups excluding carboxylic acids is 1. The number of rotatable bonds is 3. The molecule has 1 aliphatic rings. The summed E-state index contributed by atoms with van der Waals surface area (Å²) in [6.07, 6.45) is 1.24. The molecule has 2 amide bonds. The van der Waals surface area contributed by atoms with E-state index in [1.54, 1.807) is 23.2 Å². The van der Waals surface area contributed by atoms with Gasteiger partial charge in [-0.25, -0.2) is 9.59 Å². The van der Waals surface area contributed by atoms with Crippen molar-refractivity contribution >= 4 is 23.3 Å². The van der Waals surface area contributed by atoms with Gasteiger partial charge in [0, 0.05) is 18.0 Å². The van der Waals surface area contributed by atoms with Gasteiger partial charge in [-0.05, 0) is 29.9 Å². The number of carbonyl (C=O) groups is 2. The third kappa shape index (κ3) is 2.64.